The lowest BCUT2D eigenvalue weighted by Gasteiger charge is -2.20. The summed E-state index contributed by atoms with van der Waals surface area (Å²) >= 11 is 0. The van der Waals surface area contributed by atoms with E-state index in [1.54, 1.807) is 13.8 Å². The number of rotatable bonds is 5. The van der Waals surface area contributed by atoms with Gasteiger partial charge in [0.05, 0.1) is 21.9 Å². The van der Waals surface area contributed by atoms with Crippen LogP contribution >= 0.6 is 0 Å². The average Bonchev–Trinajstić information content (AvgIpc) is 3.05. The number of nitrogens with zero attached hydrogens (tertiary/aromatic N) is 3. The Balaban J connectivity index is 1.77. The summed E-state index contributed by atoms with van der Waals surface area (Å²) in [7, 11) is 0. The molecule has 0 fully saturated rings. The van der Waals surface area contributed by atoms with Gasteiger partial charge in [0.2, 0.25) is 0 Å². The van der Waals surface area contributed by atoms with Crippen molar-refractivity contribution in [2.75, 3.05) is 5.01 Å². The lowest BCUT2D eigenvalue weighted by Crippen LogP contribution is -2.38. The molecular weight excluding hydrogens is 410 g/mol. The van der Waals surface area contributed by atoms with Gasteiger partial charge in [0.15, 0.2) is 0 Å². The molecule has 0 radical (unpaired) electrons. The zero-order valence-electron chi connectivity index (χ0n) is 18.6. The number of amides is 2. The molecule has 0 atom stereocenters. The number of carbonyl (C=O) groups is 2. The van der Waals surface area contributed by atoms with Gasteiger partial charge in [-0.25, -0.2) is 0 Å². The van der Waals surface area contributed by atoms with Crippen molar-refractivity contribution in [2.24, 2.45) is 5.10 Å². The smallest absolute Gasteiger partial charge is 0.282 e. The first-order chi connectivity index (χ1) is 15.0. The van der Waals surface area contributed by atoms with Crippen LogP contribution < -0.4 is 15.9 Å². The Morgan fingerprint density at radius 2 is 1.69 bits per heavy atom. The minimum absolute atomic E-state index is 0.00959. The first kappa shape index (κ1) is 22.7. The van der Waals surface area contributed by atoms with Crippen molar-refractivity contribution in [1.82, 2.24) is 10.9 Å². The molecule has 9 nitrogen and oxygen atoms in total. The second kappa shape index (κ2) is 8.62. The molecule has 2 aromatic carbocycles. The molecule has 0 aromatic heterocycles. The highest BCUT2D eigenvalue weighted by Gasteiger charge is 2.31. The van der Waals surface area contributed by atoms with Gasteiger partial charge in [-0.15, -0.1) is 0 Å². The number of hydrogen-bond acceptors (Lipinski definition) is 6. The SMILES string of the molecule is CC1=NN(c2ccc(C(C)(C)C)cc2)C(=O)/C1=C(/C)NNC(=O)c1ccccc1[N+](=O)[O-]. The average molecular weight is 435 g/mol. The van der Waals surface area contributed by atoms with Crippen LogP contribution in [0.3, 0.4) is 0 Å². The topological polar surface area (TPSA) is 117 Å². The molecule has 0 saturated heterocycles. The molecule has 2 amide bonds. The minimum atomic E-state index is -0.688. The molecule has 0 unspecified atom stereocenters. The van der Waals surface area contributed by atoms with Crippen molar-refractivity contribution >= 4 is 28.9 Å². The third-order valence-electron chi connectivity index (χ3n) is 5.08. The molecule has 2 N–H and O–H groups in total. The predicted octanol–water partition coefficient (Wildman–Crippen LogP) is 3.82. The number of allylic oxidation sites excluding steroid dienone is 1. The number of nitro groups is 1. The number of anilines is 1. The maximum absolute atomic E-state index is 13.0. The molecule has 3 rings (SSSR count). The molecule has 1 aliphatic rings. The number of hydrazine groups is 1. The zero-order chi connectivity index (χ0) is 23.6. The minimum Gasteiger partial charge on any atom is -0.302 e. The number of carbonyl (C=O) groups excluding carboxylic acids is 2. The Morgan fingerprint density at radius 1 is 1.06 bits per heavy atom. The van der Waals surface area contributed by atoms with Gasteiger partial charge >= 0.3 is 0 Å². The van der Waals surface area contributed by atoms with E-state index in [2.05, 4.69) is 36.7 Å². The number of nitrogens with one attached hydrogen (secondary N) is 2. The van der Waals surface area contributed by atoms with Crippen LogP contribution in [0.25, 0.3) is 0 Å². The zero-order valence-corrected chi connectivity index (χ0v) is 18.6. The monoisotopic (exact) mass is 435 g/mol. The van der Waals surface area contributed by atoms with Crippen LogP contribution in [0.4, 0.5) is 11.4 Å². The second-order valence-corrected chi connectivity index (χ2v) is 8.45. The molecule has 32 heavy (non-hydrogen) atoms. The van der Waals surface area contributed by atoms with Gasteiger partial charge < -0.3 is 5.43 Å². The molecule has 0 spiro atoms. The molecule has 1 heterocycles. The Kier molecular flexibility index (Phi) is 6.11. The Morgan fingerprint density at radius 3 is 2.28 bits per heavy atom. The fourth-order valence-electron chi connectivity index (χ4n) is 3.32. The molecule has 166 valence electrons. The van der Waals surface area contributed by atoms with Crippen molar-refractivity contribution in [2.45, 2.75) is 40.0 Å². The van der Waals surface area contributed by atoms with Crippen molar-refractivity contribution in [3.63, 3.8) is 0 Å². The number of para-hydroxylation sites is 1. The van der Waals surface area contributed by atoms with E-state index >= 15 is 0 Å². The summed E-state index contributed by atoms with van der Waals surface area (Å²) in [6.45, 7) is 9.66. The molecule has 0 aliphatic carbocycles. The van der Waals surface area contributed by atoms with Gasteiger partial charge in [0.1, 0.15) is 5.56 Å². The van der Waals surface area contributed by atoms with Gasteiger partial charge in [-0.1, -0.05) is 45.0 Å². The maximum Gasteiger partial charge on any atom is 0.282 e. The molecule has 0 bridgehead atoms. The summed E-state index contributed by atoms with van der Waals surface area (Å²) in [6.07, 6.45) is 0. The lowest BCUT2D eigenvalue weighted by molar-refractivity contribution is -0.385. The standard InChI is InChI=1S/C23H25N5O4/c1-14(24-25-21(29)18-8-6-7-9-19(18)28(31)32)20-15(2)26-27(22(20)30)17-12-10-16(11-13-17)23(3,4)5/h6-13,24H,1-5H3,(H,25,29)/b20-14-. The molecule has 9 heteroatoms. The normalized spacial score (nSPS) is 15.3. The van der Waals surface area contributed by atoms with E-state index in [0.29, 0.717) is 22.7 Å². The largest absolute Gasteiger partial charge is 0.302 e. The highest BCUT2D eigenvalue weighted by molar-refractivity contribution is 6.30. The fraction of sp³-hybridized carbons (Fsp3) is 0.261. The summed E-state index contributed by atoms with van der Waals surface area (Å²) in [4.78, 5) is 35.9. The third-order valence-corrected chi connectivity index (χ3v) is 5.08. The number of benzene rings is 2. The number of hydrogen-bond donors (Lipinski definition) is 2. The lowest BCUT2D eigenvalue weighted by atomic mass is 9.87. The van der Waals surface area contributed by atoms with E-state index in [4.69, 9.17) is 0 Å². The highest BCUT2D eigenvalue weighted by atomic mass is 16.6. The van der Waals surface area contributed by atoms with Crippen molar-refractivity contribution in [3.8, 4) is 0 Å². The van der Waals surface area contributed by atoms with E-state index in [1.165, 1.54) is 29.3 Å². The van der Waals surface area contributed by atoms with Gasteiger partial charge in [-0.05, 0) is 43.0 Å². The summed E-state index contributed by atoms with van der Waals surface area (Å²) in [5.41, 5.74) is 7.63. The molecular formula is C23H25N5O4. The van der Waals surface area contributed by atoms with Crippen LogP contribution in [0.1, 0.15) is 50.5 Å². The van der Waals surface area contributed by atoms with Crippen LogP contribution in [0.15, 0.2) is 64.9 Å². The molecule has 1 aliphatic heterocycles. The second-order valence-electron chi connectivity index (χ2n) is 8.45. The van der Waals surface area contributed by atoms with Crippen LogP contribution in [-0.4, -0.2) is 22.4 Å². The first-order valence-electron chi connectivity index (χ1n) is 10.0. The molecule has 0 saturated carbocycles. The van der Waals surface area contributed by atoms with E-state index in [9.17, 15) is 19.7 Å². The maximum atomic E-state index is 13.0. The van der Waals surface area contributed by atoms with E-state index in [1.807, 2.05) is 24.3 Å². The number of hydrazone groups is 1. The Hall–Kier alpha value is -4.01. The highest BCUT2D eigenvalue weighted by Crippen LogP contribution is 2.28. The third kappa shape index (κ3) is 4.51. The van der Waals surface area contributed by atoms with E-state index in [0.717, 1.165) is 5.56 Å². The predicted molar refractivity (Wildman–Crippen MR) is 122 cm³/mol. The Labute approximate surface area is 185 Å². The summed E-state index contributed by atoms with van der Waals surface area (Å²) in [5.74, 6) is -1.03. The van der Waals surface area contributed by atoms with E-state index in [-0.39, 0.29) is 22.6 Å². The fourth-order valence-corrected chi connectivity index (χ4v) is 3.32. The van der Waals surface area contributed by atoms with Gasteiger partial charge in [0.25, 0.3) is 17.5 Å². The summed E-state index contributed by atoms with van der Waals surface area (Å²) in [5, 5.41) is 16.8. The van der Waals surface area contributed by atoms with Gasteiger partial charge in [-0.2, -0.15) is 10.1 Å². The van der Waals surface area contributed by atoms with Crippen molar-refractivity contribution < 1.29 is 14.5 Å². The Bertz CT molecular complexity index is 1140. The summed E-state index contributed by atoms with van der Waals surface area (Å²) < 4.78 is 0. The summed E-state index contributed by atoms with van der Waals surface area (Å²) in [6, 6.07) is 13.2. The van der Waals surface area contributed by atoms with Crippen molar-refractivity contribution in [3.05, 3.63) is 81.0 Å². The van der Waals surface area contributed by atoms with Crippen LogP contribution in [0.2, 0.25) is 0 Å². The van der Waals surface area contributed by atoms with Crippen LogP contribution in [-0.2, 0) is 10.2 Å². The van der Waals surface area contributed by atoms with Crippen LogP contribution in [0, 0.1) is 10.1 Å². The van der Waals surface area contributed by atoms with Crippen LogP contribution in [0.5, 0.6) is 0 Å². The number of nitro benzene ring substituents is 1. The van der Waals surface area contributed by atoms with Gasteiger partial charge in [-0.3, -0.25) is 25.1 Å². The van der Waals surface area contributed by atoms with Gasteiger partial charge in [0, 0.05) is 11.8 Å². The van der Waals surface area contributed by atoms with E-state index < -0.39 is 10.8 Å². The van der Waals surface area contributed by atoms with Crippen molar-refractivity contribution in [1.29, 1.82) is 0 Å². The first-order valence-corrected chi connectivity index (χ1v) is 10.0. The quantitative estimate of drug-likeness (QED) is 0.421. The molecule has 2 aromatic rings.